The highest BCUT2D eigenvalue weighted by molar-refractivity contribution is 7.23. The van der Waals surface area contributed by atoms with E-state index in [1.807, 2.05) is 6.07 Å². The van der Waals surface area contributed by atoms with Crippen LogP contribution in [0.15, 0.2) is 18.2 Å². The van der Waals surface area contributed by atoms with Crippen LogP contribution in [0.25, 0.3) is 32.1 Å². The summed E-state index contributed by atoms with van der Waals surface area (Å²) in [6, 6.07) is 6.64. The number of halogens is 3. The summed E-state index contributed by atoms with van der Waals surface area (Å²) in [5.74, 6) is -0.689. The van der Waals surface area contributed by atoms with Crippen LogP contribution >= 0.6 is 22.9 Å². The SMILES string of the molecule is CN1CCC[C@H]1COc1nc(N2CCNCC2)c2cc(Cl)c(-c3ccc(F)c4sc(N)c(C#N)c34)c(F)c2n1. The zero-order valence-electron chi connectivity index (χ0n) is 21.2. The highest BCUT2D eigenvalue weighted by Crippen LogP contribution is 2.45. The molecule has 6 rings (SSSR count). The maximum atomic E-state index is 16.5. The van der Waals surface area contributed by atoms with E-state index in [0.29, 0.717) is 30.9 Å². The Morgan fingerprint density at radius 1 is 1.26 bits per heavy atom. The maximum absolute atomic E-state index is 16.5. The summed E-state index contributed by atoms with van der Waals surface area (Å²) in [6.07, 6.45) is 2.10. The van der Waals surface area contributed by atoms with E-state index in [4.69, 9.17) is 27.1 Å². The van der Waals surface area contributed by atoms with Crippen molar-refractivity contribution in [2.45, 2.75) is 18.9 Å². The predicted octanol–water partition coefficient (Wildman–Crippen LogP) is 4.78. The van der Waals surface area contributed by atoms with Gasteiger partial charge in [-0.25, -0.2) is 8.78 Å². The molecule has 2 aromatic carbocycles. The fourth-order valence-electron chi connectivity index (χ4n) is 5.46. The second-order valence-corrected chi connectivity index (χ2v) is 11.3. The Labute approximate surface area is 232 Å². The lowest BCUT2D eigenvalue weighted by atomic mass is 9.97. The highest BCUT2D eigenvalue weighted by Gasteiger charge is 2.27. The fraction of sp³-hybridized carbons (Fsp3) is 0.370. The largest absolute Gasteiger partial charge is 0.462 e. The number of ether oxygens (including phenoxy) is 1. The first kappa shape index (κ1) is 26.0. The number of nitrogens with zero attached hydrogens (tertiary/aromatic N) is 5. The van der Waals surface area contributed by atoms with Gasteiger partial charge in [0.15, 0.2) is 5.82 Å². The minimum atomic E-state index is -0.694. The van der Waals surface area contributed by atoms with E-state index in [0.717, 1.165) is 43.8 Å². The van der Waals surface area contributed by atoms with Gasteiger partial charge in [-0.2, -0.15) is 15.2 Å². The number of piperazine rings is 1. The van der Waals surface area contributed by atoms with Gasteiger partial charge in [0.1, 0.15) is 34.8 Å². The summed E-state index contributed by atoms with van der Waals surface area (Å²) in [4.78, 5) is 13.5. The van der Waals surface area contributed by atoms with Crippen molar-refractivity contribution in [3.63, 3.8) is 0 Å². The number of hydrogen-bond donors (Lipinski definition) is 2. The van der Waals surface area contributed by atoms with Crippen LogP contribution in [0.2, 0.25) is 5.02 Å². The third-order valence-electron chi connectivity index (χ3n) is 7.53. The molecule has 2 aliphatic heterocycles. The van der Waals surface area contributed by atoms with Crippen molar-refractivity contribution >= 4 is 54.7 Å². The molecule has 0 amide bonds. The molecule has 0 unspecified atom stereocenters. The second-order valence-electron chi connectivity index (χ2n) is 9.85. The molecule has 4 aromatic rings. The molecule has 39 heavy (non-hydrogen) atoms. The Morgan fingerprint density at radius 3 is 2.77 bits per heavy atom. The third-order valence-corrected chi connectivity index (χ3v) is 8.86. The van der Waals surface area contributed by atoms with Crippen molar-refractivity contribution in [1.29, 1.82) is 5.26 Å². The summed E-state index contributed by atoms with van der Waals surface area (Å²) in [5, 5.41) is 14.0. The van der Waals surface area contributed by atoms with Gasteiger partial charge in [-0.05, 0) is 44.1 Å². The van der Waals surface area contributed by atoms with Gasteiger partial charge < -0.3 is 25.6 Å². The first-order valence-corrected chi connectivity index (χ1v) is 14.0. The normalized spacial score (nSPS) is 18.2. The molecular weight excluding hydrogens is 544 g/mol. The number of nitrogens with one attached hydrogen (secondary N) is 1. The van der Waals surface area contributed by atoms with E-state index in [1.165, 1.54) is 12.1 Å². The zero-order chi connectivity index (χ0) is 27.3. The molecule has 0 saturated carbocycles. The van der Waals surface area contributed by atoms with Gasteiger partial charge in [-0.15, -0.1) is 11.3 Å². The van der Waals surface area contributed by atoms with E-state index >= 15 is 4.39 Å². The van der Waals surface area contributed by atoms with Crippen LogP contribution in [0, 0.1) is 23.0 Å². The molecule has 2 saturated heterocycles. The molecule has 0 spiro atoms. The molecule has 0 radical (unpaired) electrons. The van der Waals surface area contributed by atoms with Crippen LogP contribution in [0.1, 0.15) is 18.4 Å². The number of fused-ring (bicyclic) bond motifs is 2. The van der Waals surface area contributed by atoms with Gasteiger partial charge in [0.05, 0.1) is 15.3 Å². The standard InChI is InChI=1S/C27H26ClF2N7OS/c1-36-8-2-3-14(36)13-38-27-34-23-16(26(35-27)37-9-6-33-7-10-37)11-18(28)21(22(23)30)15-4-5-19(29)24-20(15)17(12-31)25(32)39-24/h4-5,11,14,33H,2-3,6-10,13,32H2,1H3/t14-/m0/s1. The van der Waals surface area contributed by atoms with E-state index in [2.05, 4.69) is 27.1 Å². The first-order chi connectivity index (χ1) is 18.9. The number of nitrogen functional groups attached to an aromatic ring is 1. The molecule has 8 nitrogen and oxygen atoms in total. The average Bonchev–Trinajstić information content (AvgIpc) is 3.51. The Bertz CT molecular complexity index is 1630. The number of anilines is 2. The number of aromatic nitrogens is 2. The smallest absolute Gasteiger partial charge is 0.319 e. The van der Waals surface area contributed by atoms with E-state index in [9.17, 15) is 9.65 Å². The topological polar surface area (TPSA) is 103 Å². The maximum Gasteiger partial charge on any atom is 0.319 e. The number of nitrogens with two attached hydrogens (primary N) is 1. The van der Waals surface area contributed by atoms with Crippen LogP contribution in [-0.2, 0) is 0 Å². The minimum Gasteiger partial charge on any atom is -0.462 e. The highest BCUT2D eigenvalue weighted by atomic mass is 35.5. The van der Waals surface area contributed by atoms with E-state index in [1.54, 1.807) is 6.07 Å². The van der Waals surface area contributed by atoms with Crippen molar-refractivity contribution in [2.75, 3.05) is 57.0 Å². The van der Waals surface area contributed by atoms with Gasteiger partial charge in [0.25, 0.3) is 0 Å². The van der Waals surface area contributed by atoms with E-state index < -0.39 is 11.6 Å². The first-order valence-electron chi connectivity index (χ1n) is 12.8. The van der Waals surface area contributed by atoms with Crippen LogP contribution < -0.4 is 20.7 Å². The molecular formula is C27H26ClF2N7OS. The van der Waals surface area contributed by atoms with Crippen molar-refractivity contribution < 1.29 is 13.5 Å². The predicted molar refractivity (Wildman–Crippen MR) is 151 cm³/mol. The van der Waals surface area contributed by atoms with Gasteiger partial charge in [0.2, 0.25) is 0 Å². The van der Waals surface area contributed by atoms with Gasteiger partial charge in [0, 0.05) is 48.6 Å². The van der Waals surface area contributed by atoms with Gasteiger partial charge >= 0.3 is 6.01 Å². The lowest BCUT2D eigenvalue weighted by Gasteiger charge is -2.29. The summed E-state index contributed by atoms with van der Waals surface area (Å²) < 4.78 is 37.4. The van der Waals surface area contributed by atoms with Crippen LogP contribution in [0.3, 0.4) is 0 Å². The van der Waals surface area contributed by atoms with Crippen molar-refractivity contribution in [2.24, 2.45) is 0 Å². The minimum absolute atomic E-state index is 0.0231. The quantitative estimate of drug-likeness (QED) is 0.354. The summed E-state index contributed by atoms with van der Waals surface area (Å²) in [5.41, 5.74) is 6.45. The number of likely N-dealkylation sites (N-methyl/N-ethyl adjacent to an activating group) is 1. The molecule has 2 aromatic heterocycles. The molecule has 1 atom stereocenters. The Morgan fingerprint density at radius 2 is 2.05 bits per heavy atom. The summed E-state index contributed by atoms with van der Waals surface area (Å²) in [6.45, 7) is 4.26. The number of hydrogen-bond acceptors (Lipinski definition) is 9. The van der Waals surface area contributed by atoms with Crippen molar-refractivity contribution in [3.05, 3.63) is 40.4 Å². The molecule has 4 heterocycles. The number of likely N-dealkylation sites (tertiary alicyclic amines) is 1. The van der Waals surface area contributed by atoms with Gasteiger partial charge in [-0.1, -0.05) is 17.7 Å². The molecule has 3 N–H and O–H groups in total. The Hall–Kier alpha value is -3.30. The number of nitriles is 1. The molecule has 0 aliphatic carbocycles. The monoisotopic (exact) mass is 569 g/mol. The zero-order valence-corrected chi connectivity index (χ0v) is 22.8. The lowest BCUT2D eigenvalue weighted by Crippen LogP contribution is -2.44. The average molecular weight is 570 g/mol. The number of thiophene rings is 1. The second kappa shape index (κ2) is 10.4. The van der Waals surface area contributed by atoms with Crippen molar-refractivity contribution in [3.8, 4) is 23.2 Å². The lowest BCUT2D eigenvalue weighted by molar-refractivity contribution is 0.188. The summed E-state index contributed by atoms with van der Waals surface area (Å²) >= 11 is 7.68. The fourth-order valence-corrected chi connectivity index (χ4v) is 6.70. The van der Waals surface area contributed by atoms with Crippen LogP contribution in [0.5, 0.6) is 6.01 Å². The summed E-state index contributed by atoms with van der Waals surface area (Å²) in [7, 11) is 2.05. The van der Waals surface area contributed by atoms with E-state index in [-0.39, 0.29) is 54.4 Å². The molecule has 2 fully saturated rings. The molecule has 0 bridgehead atoms. The molecule has 12 heteroatoms. The van der Waals surface area contributed by atoms with Crippen LogP contribution in [0.4, 0.5) is 19.6 Å². The number of rotatable bonds is 5. The van der Waals surface area contributed by atoms with Gasteiger partial charge in [-0.3, -0.25) is 0 Å². The van der Waals surface area contributed by atoms with Crippen molar-refractivity contribution in [1.82, 2.24) is 20.2 Å². The molecule has 2 aliphatic rings. The van der Waals surface area contributed by atoms with Crippen LogP contribution in [-0.4, -0.2) is 67.3 Å². The third kappa shape index (κ3) is 4.51. The Kier molecular flexibility index (Phi) is 6.89. The molecule has 202 valence electrons. The Balaban J connectivity index is 1.54. The number of benzene rings is 2.